The molecule has 1 aromatic carbocycles. The van der Waals surface area contributed by atoms with Crippen LogP contribution < -0.4 is 5.73 Å². The molecule has 0 radical (unpaired) electrons. The molecule has 0 unspecified atom stereocenters. The average Bonchev–Trinajstić information content (AvgIpc) is 2.54. The van der Waals surface area contributed by atoms with E-state index >= 15 is 0 Å². The van der Waals surface area contributed by atoms with Crippen molar-refractivity contribution >= 4 is 11.5 Å². The number of rotatable bonds is 2. The second kappa shape index (κ2) is 5.66. The van der Waals surface area contributed by atoms with Gasteiger partial charge in [0, 0.05) is 42.9 Å². The third kappa shape index (κ3) is 2.60. The van der Waals surface area contributed by atoms with E-state index in [1.165, 1.54) is 12.1 Å². The fourth-order valence-electron chi connectivity index (χ4n) is 2.90. The smallest absolute Gasteiger partial charge is 0.269 e. The molecule has 0 atom stereocenters. The first-order valence-corrected chi connectivity index (χ1v) is 7.16. The maximum Gasteiger partial charge on any atom is 0.269 e. The van der Waals surface area contributed by atoms with E-state index < -0.39 is 4.92 Å². The van der Waals surface area contributed by atoms with Crippen LogP contribution >= 0.6 is 0 Å². The number of hydrogen-bond acceptors (Lipinski definition) is 6. The van der Waals surface area contributed by atoms with Crippen molar-refractivity contribution in [3.05, 3.63) is 51.2 Å². The number of nitrogens with zero attached hydrogens (tertiary/aromatic N) is 4. The van der Waals surface area contributed by atoms with Gasteiger partial charge < -0.3 is 10.6 Å². The average molecular weight is 309 g/mol. The molecule has 1 aliphatic heterocycles. The largest absolute Gasteiger partial charge is 0.383 e. The number of non-ortho nitro benzene ring substituents is 1. The summed E-state index contributed by atoms with van der Waals surface area (Å²) in [6, 6.07) is 8.31. The Morgan fingerprint density at radius 3 is 2.70 bits per heavy atom. The molecule has 1 aromatic heterocycles. The fourth-order valence-corrected chi connectivity index (χ4v) is 2.90. The number of nitrogen functional groups attached to an aromatic ring is 1. The van der Waals surface area contributed by atoms with Crippen molar-refractivity contribution in [2.24, 2.45) is 0 Å². The lowest BCUT2D eigenvalue weighted by Gasteiger charge is -2.27. The molecule has 0 spiro atoms. The van der Waals surface area contributed by atoms with Crippen molar-refractivity contribution in [1.29, 1.82) is 5.26 Å². The lowest BCUT2D eigenvalue weighted by atomic mass is 9.91. The zero-order valence-corrected chi connectivity index (χ0v) is 12.6. The Balaban J connectivity index is 2.22. The number of aromatic nitrogens is 1. The van der Waals surface area contributed by atoms with Gasteiger partial charge in [-0.25, -0.2) is 4.98 Å². The van der Waals surface area contributed by atoms with Gasteiger partial charge in [-0.3, -0.25) is 10.1 Å². The van der Waals surface area contributed by atoms with E-state index in [9.17, 15) is 15.4 Å². The van der Waals surface area contributed by atoms with Crippen molar-refractivity contribution in [3.63, 3.8) is 0 Å². The normalized spacial score (nSPS) is 14.1. The van der Waals surface area contributed by atoms with Crippen LogP contribution in [0.5, 0.6) is 0 Å². The third-order valence-electron chi connectivity index (χ3n) is 4.05. The maximum absolute atomic E-state index is 10.8. The molecule has 2 aromatic rings. The summed E-state index contributed by atoms with van der Waals surface area (Å²) in [6.07, 6.45) is 0.766. The minimum atomic E-state index is -0.445. The Kier molecular flexibility index (Phi) is 3.68. The van der Waals surface area contributed by atoms with Crippen LogP contribution in [0.1, 0.15) is 16.8 Å². The van der Waals surface area contributed by atoms with Gasteiger partial charge in [0.15, 0.2) is 0 Å². The standard InChI is InChI=1S/C16H15N5O2/c1-20-7-6-14-13(9-20)15(12(8-17)16(18)19-14)10-2-4-11(5-3-10)21(22)23/h2-5H,6-7,9H2,1H3,(H2,18,19). The van der Waals surface area contributed by atoms with E-state index in [0.29, 0.717) is 12.1 Å². The Morgan fingerprint density at radius 1 is 1.39 bits per heavy atom. The molecule has 3 rings (SSSR count). The van der Waals surface area contributed by atoms with Crippen molar-refractivity contribution in [3.8, 4) is 17.2 Å². The van der Waals surface area contributed by atoms with E-state index in [2.05, 4.69) is 16.0 Å². The van der Waals surface area contributed by atoms with Gasteiger partial charge in [-0.05, 0) is 30.3 Å². The molecule has 0 fully saturated rings. The van der Waals surface area contributed by atoms with Gasteiger partial charge >= 0.3 is 0 Å². The molecule has 0 saturated carbocycles. The summed E-state index contributed by atoms with van der Waals surface area (Å²) in [6.45, 7) is 1.55. The monoisotopic (exact) mass is 309 g/mol. The van der Waals surface area contributed by atoms with Crippen molar-refractivity contribution < 1.29 is 4.92 Å². The van der Waals surface area contributed by atoms with Crippen LogP contribution in [0.4, 0.5) is 11.5 Å². The minimum absolute atomic E-state index is 0.0141. The Hall–Kier alpha value is -2.98. The number of fused-ring (bicyclic) bond motifs is 1. The number of likely N-dealkylation sites (N-methyl/N-ethyl adjacent to an activating group) is 1. The summed E-state index contributed by atoms with van der Waals surface area (Å²) in [4.78, 5) is 16.9. The molecule has 0 bridgehead atoms. The topological polar surface area (TPSA) is 109 Å². The number of pyridine rings is 1. The van der Waals surface area contributed by atoms with Gasteiger partial charge in [0.2, 0.25) is 0 Å². The molecule has 0 amide bonds. The highest BCUT2D eigenvalue weighted by molar-refractivity contribution is 5.79. The van der Waals surface area contributed by atoms with Gasteiger partial charge in [-0.15, -0.1) is 0 Å². The Morgan fingerprint density at radius 2 is 2.09 bits per heavy atom. The van der Waals surface area contributed by atoms with E-state index in [1.807, 2.05) is 7.05 Å². The zero-order chi connectivity index (χ0) is 16.6. The minimum Gasteiger partial charge on any atom is -0.383 e. The highest BCUT2D eigenvalue weighted by Gasteiger charge is 2.24. The predicted octanol–water partition coefficient (Wildman–Crippen LogP) is 2.10. The Bertz CT molecular complexity index is 824. The summed E-state index contributed by atoms with van der Waals surface area (Å²) >= 11 is 0. The van der Waals surface area contributed by atoms with Crippen LogP contribution in [0, 0.1) is 21.4 Å². The number of nitrogens with two attached hydrogens (primary N) is 1. The van der Waals surface area contributed by atoms with Gasteiger partial charge in [0.05, 0.1) is 4.92 Å². The van der Waals surface area contributed by atoms with E-state index in [-0.39, 0.29) is 11.5 Å². The van der Waals surface area contributed by atoms with E-state index in [4.69, 9.17) is 5.73 Å². The molecule has 7 nitrogen and oxygen atoms in total. The predicted molar refractivity (Wildman–Crippen MR) is 85.5 cm³/mol. The number of nitro groups is 1. The Labute approximate surface area is 133 Å². The number of anilines is 1. The molecule has 2 N–H and O–H groups in total. The van der Waals surface area contributed by atoms with Gasteiger partial charge in [-0.2, -0.15) is 5.26 Å². The number of nitriles is 1. The van der Waals surface area contributed by atoms with Crippen LogP contribution in [0.3, 0.4) is 0 Å². The summed E-state index contributed by atoms with van der Waals surface area (Å²) in [7, 11) is 2.00. The van der Waals surface area contributed by atoms with Gasteiger partial charge in [0.1, 0.15) is 17.5 Å². The lowest BCUT2D eigenvalue weighted by molar-refractivity contribution is -0.384. The summed E-state index contributed by atoms with van der Waals surface area (Å²) in [5, 5.41) is 20.3. The first-order valence-electron chi connectivity index (χ1n) is 7.16. The summed E-state index contributed by atoms with van der Waals surface area (Å²) in [5.41, 5.74) is 9.63. The van der Waals surface area contributed by atoms with Gasteiger partial charge in [-0.1, -0.05) is 0 Å². The van der Waals surface area contributed by atoms with Crippen molar-refractivity contribution in [1.82, 2.24) is 9.88 Å². The van der Waals surface area contributed by atoms with Crippen molar-refractivity contribution in [2.75, 3.05) is 19.3 Å². The quantitative estimate of drug-likeness (QED) is 0.672. The van der Waals surface area contributed by atoms with E-state index in [0.717, 1.165) is 35.3 Å². The molecule has 116 valence electrons. The first-order chi connectivity index (χ1) is 11.0. The zero-order valence-electron chi connectivity index (χ0n) is 12.6. The van der Waals surface area contributed by atoms with Gasteiger partial charge in [0.25, 0.3) is 5.69 Å². The molecular formula is C16H15N5O2. The van der Waals surface area contributed by atoms with Crippen LogP contribution in [-0.2, 0) is 13.0 Å². The highest BCUT2D eigenvalue weighted by atomic mass is 16.6. The van der Waals surface area contributed by atoms with Crippen molar-refractivity contribution in [2.45, 2.75) is 13.0 Å². The highest BCUT2D eigenvalue weighted by Crippen LogP contribution is 2.35. The van der Waals surface area contributed by atoms with Crippen LogP contribution in [0.25, 0.3) is 11.1 Å². The first kappa shape index (κ1) is 14.9. The maximum atomic E-state index is 10.8. The number of hydrogen-bond donors (Lipinski definition) is 1. The molecule has 7 heteroatoms. The molecule has 0 saturated heterocycles. The SMILES string of the molecule is CN1CCc2nc(N)c(C#N)c(-c3ccc([N+](=O)[O-])cc3)c2C1. The number of nitro benzene ring substituents is 1. The fraction of sp³-hybridized carbons (Fsp3) is 0.250. The van der Waals surface area contributed by atoms with Crippen LogP contribution in [-0.4, -0.2) is 28.4 Å². The molecule has 1 aliphatic rings. The second-order valence-electron chi connectivity index (χ2n) is 5.58. The molecule has 2 heterocycles. The lowest BCUT2D eigenvalue weighted by Crippen LogP contribution is -2.28. The molecule has 23 heavy (non-hydrogen) atoms. The van der Waals surface area contributed by atoms with Crippen LogP contribution in [0.15, 0.2) is 24.3 Å². The second-order valence-corrected chi connectivity index (χ2v) is 5.58. The summed E-state index contributed by atoms with van der Waals surface area (Å²) < 4.78 is 0. The molecule has 0 aliphatic carbocycles. The third-order valence-corrected chi connectivity index (χ3v) is 4.05. The molecular weight excluding hydrogens is 294 g/mol. The number of benzene rings is 1. The van der Waals surface area contributed by atoms with E-state index in [1.54, 1.807) is 12.1 Å². The summed E-state index contributed by atoms with van der Waals surface area (Å²) in [5.74, 6) is 0.212. The van der Waals surface area contributed by atoms with Crippen LogP contribution in [0.2, 0.25) is 0 Å².